The van der Waals surface area contributed by atoms with E-state index in [1.807, 2.05) is 31.2 Å². The first-order chi connectivity index (χ1) is 11.7. The summed E-state index contributed by atoms with van der Waals surface area (Å²) in [6.45, 7) is 2.43. The van der Waals surface area contributed by atoms with Crippen LogP contribution in [0.25, 0.3) is 10.2 Å². The normalized spacial score (nSPS) is 10.6. The van der Waals surface area contributed by atoms with Crippen LogP contribution in [-0.4, -0.2) is 30.2 Å². The van der Waals surface area contributed by atoms with Gasteiger partial charge >= 0.3 is 5.97 Å². The minimum absolute atomic E-state index is 0.355. The van der Waals surface area contributed by atoms with E-state index >= 15 is 0 Å². The van der Waals surface area contributed by atoms with Crippen molar-refractivity contribution in [1.29, 1.82) is 0 Å². The summed E-state index contributed by atoms with van der Waals surface area (Å²) < 4.78 is 10.2. The highest BCUT2D eigenvalue weighted by Crippen LogP contribution is 2.34. The number of hydrogen-bond donors (Lipinski definition) is 1. The first kappa shape index (κ1) is 16.2. The number of nitrogens with zero attached hydrogens (tertiary/aromatic N) is 2. The fourth-order valence-electron chi connectivity index (χ4n) is 2.52. The topological polar surface area (TPSA) is 73.3 Å². The predicted molar refractivity (Wildman–Crippen MR) is 93.8 cm³/mol. The number of aromatic nitrogens is 2. The Morgan fingerprint density at radius 1 is 1.25 bits per heavy atom. The van der Waals surface area contributed by atoms with Gasteiger partial charge in [0.15, 0.2) is 0 Å². The van der Waals surface area contributed by atoms with E-state index in [-0.39, 0.29) is 5.97 Å². The molecule has 0 saturated heterocycles. The van der Waals surface area contributed by atoms with Crippen LogP contribution in [0.15, 0.2) is 30.6 Å². The number of hydrogen-bond acceptors (Lipinski definition) is 7. The largest absolute Gasteiger partial charge is 0.496 e. The summed E-state index contributed by atoms with van der Waals surface area (Å²) in [4.78, 5) is 21.8. The maximum Gasteiger partial charge on any atom is 0.348 e. The fourth-order valence-corrected chi connectivity index (χ4v) is 3.59. The molecule has 0 aliphatic heterocycles. The number of benzene rings is 1. The molecule has 0 aliphatic carbocycles. The number of ether oxygens (including phenoxy) is 2. The molecule has 0 spiro atoms. The maximum atomic E-state index is 11.9. The number of esters is 1. The first-order valence-electron chi connectivity index (χ1n) is 7.34. The second-order valence-corrected chi connectivity index (χ2v) is 6.11. The molecule has 3 aromatic rings. The van der Waals surface area contributed by atoms with Crippen molar-refractivity contribution in [3.63, 3.8) is 0 Å². The fraction of sp³-hybridized carbons (Fsp3) is 0.235. The summed E-state index contributed by atoms with van der Waals surface area (Å²) in [5.41, 5.74) is 1.85. The molecule has 0 fully saturated rings. The summed E-state index contributed by atoms with van der Waals surface area (Å²) in [7, 11) is 3.02. The number of rotatable bonds is 5. The molecule has 0 saturated carbocycles. The molecular formula is C17H17N3O3S. The molecule has 0 unspecified atom stereocenters. The highest BCUT2D eigenvalue weighted by molar-refractivity contribution is 7.20. The molecule has 0 aliphatic rings. The number of anilines is 1. The van der Waals surface area contributed by atoms with Gasteiger partial charge in [-0.3, -0.25) is 0 Å². The van der Waals surface area contributed by atoms with Crippen LogP contribution >= 0.6 is 11.3 Å². The lowest BCUT2D eigenvalue weighted by Crippen LogP contribution is -2.04. The molecule has 0 amide bonds. The van der Waals surface area contributed by atoms with Gasteiger partial charge < -0.3 is 14.8 Å². The molecule has 124 valence electrons. The lowest BCUT2D eigenvalue weighted by molar-refractivity contribution is 0.0605. The second kappa shape index (κ2) is 6.84. The average molecular weight is 343 g/mol. The zero-order valence-corrected chi connectivity index (χ0v) is 14.4. The average Bonchev–Trinajstić information content (AvgIpc) is 2.97. The Morgan fingerprint density at radius 2 is 2.04 bits per heavy atom. The number of carbonyl (C=O) groups excluding carboxylic acids is 1. The summed E-state index contributed by atoms with van der Waals surface area (Å²) in [5, 5.41) is 4.16. The van der Waals surface area contributed by atoms with Crippen molar-refractivity contribution in [2.75, 3.05) is 19.5 Å². The minimum Gasteiger partial charge on any atom is -0.496 e. The van der Waals surface area contributed by atoms with Crippen molar-refractivity contribution in [2.45, 2.75) is 13.5 Å². The van der Waals surface area contributed by atoms with E-state index in [4.69, 9.17) is 9.47 Å². The summed E-state index contributed by atoms with van der Waals surface area (Å²) >= 11 is 1.31. The van der Waals surface area contributed by atoms with Gasteiger partial charge in [-0.05, 0) is 18.6 Å². The van der Waals surface area contributed by atoms with Gasteiger partial charge in [-0.1, -0.05) is 18.2 Å². The molecule has 2 aromatic heterocycles. The number of para-hydroxylation sites is 1. The van der Waals surface area contributed by atoms with Gasteiger partial charge in [0.05, 0.1) is 19.6 Å². The van der Waals surface area contributed by atoms with Gasteiger partial charge in [0.1, 0.15) is 27.6 Å². The van der Waals surface area contributed by atoms with Crippen LogP contribution in [-0.2, 0) is 11.3 Å². The lowest BCUT2D eigenvalue weighted by Gasteiger charge is -2.10. The molecule has 7 heteroatoms. The van der Waals surface area contributed by atoms with Gasteiger partial charge in [-0.25, -0.2) is 14.8 Å². The number of methoxy groups -OCH3 is 2. The van der Waals surface area contributed by atoms with E-state index in [1.54, 1.807) is 7.11 Å². The lowest BCUT2D eigenvalue weighted by atomic mass is 10.2. The number of thiophene rings is 1. The monoisotopic (exact) mass is 343 g/mol. The van der Waals surface area contributed by atoms with Gasteiger partial charge in [-0.15, -0.1) is 11.3 Å². The van der Waals surface area contributed by atoms with Crippen molar-refractivity contribution in [2.24, 2.45) is 0 Å². The highest BCUT2D eigenvalue weighted by atomic mass is 32.1. The number of aryl methyl sites for hydroxylation is 1. The van der Waals surface area contributed by atoms with E-state index in [0.717, 1.165) is 27.1 Å². The standard InChI is InChI=1S/C17H17N3O3S/c1-10-13-15(18-8-11-6-4-5-7-12(11)22-2)19-9-20-16(13)24-14(10)17(21)23-3/h4-7,9H,8H2,1-3H3,(H,18,19,20). The zero-order chi connectivity index (χ0) is 17.1. The summed E-state index contributed by atoms with van der Waals surface area (Å²) in [5.74, 6) is 1.15. The molecular weight excluding hydrogens is 326 g/mol. The quantitative estimate of drug-likeness (QED) is 0.716. The van der Waals surface area contributed by atoms with Crippen LogP contribution in [0, 0.1) is 6.92 Å². The number of carbonyl (C=O) groups is 1. The van der Waals surface area contributed by atoms with Crippen LogP contribution in [0.4, 0.5) is 5.82 Å². The third-order valence-electron chi connectivity index (χ3n) is 3.74. The Bertz CT molecular complexity index is 892. The molecule has 0 bridgehead atoms. The molecule has 0 atom stereocenters. The van der Waals surface area contributed by atoms with Gasteiger partial charge in [0.25, 0.3) is 0 Å². The van der Waals surface area contributed by atoms with Crippen LogP contribution < -0.4 is 10.1 Å². The Balaban J connectivity index is 1.95. The zero-order valence-electron chi connectivity index (χ0n) is 13.6. The van der Waals surface area contributed by atoms with E-state index in [2.05, 4.69) is 15.3 Å². The van der Waals surface area contributed by atoms with E-state index in [9.17, 15) is 4.79 Å². The number of nitrogens with one attached hydrogen (secondary N) is 1. The van der Waals surface area contributed by atoms with Gasteiger partial charge in [-0.2, -0.15) is 0 Å². The van der Waals surface area contributed by atoms with Gasteiger partial charge in [0.2, 0.25) is 0 Å². The van der Waals surface area contributed by atoms with Crippen molar-refractivity contribution < 1.29 is 14.3 Å². The summed E-state index contributed by atoms with van der Waals surface area (Å²) in [6, 6.07) is 7.79. The van der Waals surface area contributed by atoms with Crippen LogP contribution in [0.5, 0.6) is 5.75 Å². The van der Waals surface area contributed by atoms with Crippen molar-refractivity contribution >= 4 is 33.3 Å². The Hall–Kier alpha value is -2.67. The third kappa shape index (κ3) is 2.90. The Morgan fingerprint density at radius 3 is 2.79 bits per heavy atom. The molecule has 1 aromatic carbocycles. The smallest absolute Gasteiger partial charge is 0.348 e. The van der Waals surface area contributed by atoms with E-state index in [1.165, 1.54) is 24.8 Å². The maximum absolute atomic E-state index is 11.9. The van der Waals surface area contributed by atoms with Gasteiger partial charge in [0, 0.05) is 12.1 Å². The molecule has 2 heterocycles. The molecule has 1 N–H and O–H groups in total. The van der Waals surface area contributed by atoms with Crippen molar-refractivity contribution in [1.82, 2.24) is 9.97 Å². The van der Waals surface area contributed by atoms with E-state index in [0.29, 0.717) is 17.2 Å². The van der Waals surface area contributed by atoms with Crippen LogP contribution in [0.1, 0.15) is 20.8 Å². The number of fused-ring (bicyclic) bond motifs is 1. The first-order valence-corrected chi connectivity index (χ1v) is 8.15. The highest BCUT2D eigenvalue weighted by Gasteiger charge is 2.19. The molecule has 3 rings (SSSR count). The predicted octanol–water partition coefficient (Wildman–Crippen LogP) is 3.41. The van der Waals surface area contributed by atoms with Crippen molar-refractivity contribution in [3.05, 3.63) is 46.6 Å². The van der Waals surface area contributed by atoms with Crippen LogP contribution in [0.3, 0.4) is 0 Å². The molecule has 24 heavy (non-hydrogen) atoms. The molecule has 6 nitrogen and oxygen atoms in total. The minimum atomic E-state index is -0.355. The van der Waals surface area contributed by atoms with Crippen LogP contribution in [0.2, 0.25) is 0 Å². The van der Waals surface area contributed by atoms with E-state index < -0.39 is 0 Å². The summed E-state index contributed by atoms with van der Waals surface area (Å²) in [6.07, 6.45) is 1.49. The van der Waals surface area contributed by atoms with Crippen molar-refractivity contribution in [3.8, 4) is 5.75 Å². The Kier molecular flexibility index (Phi) is 4.61. The second-order valence-electron chi connectivity index (χ2n) is 5.12. The Labute approximate surface area is 143 Å². The third-order valence-corrected chi connectivity index (χ3v) is 4.92. The molecule has 0 radical (unpaired) electrons. The SMILES string of the molecule is COC(=O)c1sc2ncnc(NCc3ccccc3OC)c2c1C.